The van der Waals surface area contributed by atoms with E-state index in [0.29, 0.717) is 0 Å². The summed E-state index contributed by atoms with van der Waals surface area (Å²) in [6, 6.07) is 2.25. The van der Waals surface area contributed by atoms with Crippen LogP contribution < -0.4 is 4.74 Å². The summed E-state index contributed by atoms with van der Waals surface area (Å²) < 4.78 is 42.8. The first-order valence-corrected chi connectivity index (χ1v) is 4.54. The van der Waals surface area contributed by atoms with E-state index < -0.39 is 17.5 Å². The fraction of sp³-hybridized carbons (Fsp3) is 0.364. The van der Waals surface area contributed by atoms with E-state index in [1.54, 1.807) is 0 Å². The number of aryl methyl sites for hydroxylation is 1. The monoisotopic (exact) mass is 232 g/mol. The van der Waals surface area contributed by atoms with Crippen molar-refractivity contribution in [2.24, 2.45) is 0 Å². The third kappa shape index (κ3) is 2.35. The number of hydrogen-bond donors (Lipinski definition) is 0. The predicted octanol–water partition coefficient (Wildman–Crippen LogP) is 3.23. The molecule has 0 unspecified atom stereocenters. The number of hydrogen-bond acceptors (Lipinski definition) is 2. The average molecular weight is 232 g/mol. The van der Waals surface area contributed by atoms with Gasteiger partial charge < -0.3 is 4.74 Å². The van der Waals surface area contributed by atoms with Crippen LogP contribution in [0, 0.1) is 6.92 Å². The molecule has 0 aliphatic carbocycles. The Morgan fingerprint density at radius 2 is 1.88 bits per heavy atom. The van der Waals surface area contributed by atoms with Crippen molar-refractivity contribution in [1.29, 1.82) is 0 Å². The first-order valence-electron chi connectivity index (χ1n) is 4.54. The molecule has 16 heavy (non-hydrogen) atoms. The highest BCUT2D eigenvalue weighted by molar-refractivity contribution is 5.97. The van der Waals surface area contributed by atoms with Gasteiger partial charge in [0, 0.05) is 5.56 Å². The van der Waals surface area contributed by atoms with Crippen molar-refractivity contribution >= 4 is 5.78 Å². The number of ketones is 1. The molecule has 0 atom stereocenters. The van der Waals surface area contributed by atoms with Crippen molar-refractivity contribution < 1.29 is 22.7 Å². The molecule has 1 aromatic carbocycles. The van der Waals surface area contributed by atoms with E-state index in [2.05, 4.69) is 0 Å². The predicted molar refractivity (Wildman–Crippen MR) is 52.7 cm³/mol. The molecule has 5 heteroatoms. The third-order valence-corrected chi connectivity index (χ3v) is 2.20. The van der Waals surface area contributed by atoms with Gasteiger partial charge in [-0.05, 0) is 31.5 Å². The number of methoxy groups -OCH3 is 1. The molecule has 0 saturated carbocycles. The van der Waals surface area contributed by atoms with Crippen molar-refractivity contribution in [1.82, 2.24) is 0 Å². The molecule has 88 valence electrons. The van der Waals surface area contributed by atoms with Gasteiger partial charge in [-0.15, -0.1) is 0 Å². The maximum Gasteiger partial charge on any atom is 0.417 e. The fourth-order valence-electron chi connectivity index (χ4n) is 1.56. The number of rotatable bonds is 2. The molecule has 0 spiro atoms. The normalized spacial score (nSPS) is 11.4. The highest BCUT2D eigenvalue weighted by Crippen LogP contribution is 2.36. The van der Waals surface area contributed by atoms with Gasteiger partial charge in [0.1, 0.15) is 5.75 Å². The van der Waals surface area contributed by atoms with Crippen molar-refractivity contribution in [2.45, 2.75) is 20.0 Å². The van der Waals surface area contributed by atoms with Crippen LogP contribution in [-0.4, -0.2) is 12.9 Å². The summed E-state index contributed by atoms with van der Waals surface area (Å²) in [5.41, 5.74) is -0.982. The van der Waals surface area contributed by atoms with E-state index in [-0.39, 0.29) is 16.9 Å². The second-order valence-corrected chi connectivity index (χ2v) is 3.42. The van der Waals surface area contributed by atoms with Crippen molar-refractivity contribution in [3.63, 3.8) is 0 Å². The van der Waals surface area contributed by atoms with Crippen LogP contribution in [0.2, 0.25) is 0 Å². The molecule has 0 amide bonds. The minimum atomic E-state index is -4.56. The average Bonchev–Trinajstić information content (AvgIpc) is 2.14. The lowest BCUT2D eigenvalue weighted by molar-refractivity contribution is -0.138. The maximum absolute atomic E-state index is 12.7. The van der Waals surface area contributed by atoms with Crippen molar-refractivity contribution in [2.75, 3.05) is 7.11 Å². The van der Waals surface area contributed by atoms with Crippen LogP contribution in [0.25, 0.3) is 0 Å². The Kier molecular flexibility index (Phi) is 3.26. The Balaban J connectivity index is 3.53. The third-order valence-electron chi connectivity index (χ3n) is 2.20. The zero-order valence-corrected chi connectivity index (χ0v) is 9.11. The molecule has 0 aliphatic heterocycles. The van der Waals surface area contributed by atoms with Gasteiger partial charge >= 0.3 is 6.18 Å². The summed E-state index contributed by atoms with van der Waals surface area (Å²) in [5.74, 6) is -0.512. The second kappa shape index (κ2) is 4.15. The topological polar surface area (TPSA) is 26.3 Å². The van der Waals surface area contributed by atoms with Crippen LogP contribution in [-0.2, 0) is 6.18 Å². The van der Waals surface area contributed by atoms with Crippen LogP contribution in [0.4, 0.5) is 13.2 Å². The standard InChI is InChI=1S/C11H11F3O2/c1-6-4-8(16-3)5-9(11(12,13)14)10(6)7(2)15/h4-5H,1-3H3. The first kappa shape index (κ1) is 12.5. The van der Waals surface area contributed by atoms with Crippen LogP contribution in [0.5, 0.6) is 5.75 Å². The molecule has 0 saturated heterocycles. The lowest BCUT2D eigenvalue weighted by atomic mass is 9.98. The largest absolute Gasteiger partial charge is 0.497 e. The van der Waals surface area contributed by atoms with E-state index in [4.69, 9.17) is 4.74 Å². The van der Waals surface area contributed by atoms with E-state index >= 15 is 0 Å². The molecule has 1 rings (SSSR count). The van der Waals surface area contributed by atoms with Crippen LogP contribution in [0.1, 0.15) is 28.4 Å². The summed E-state index contributed by atoms with van der Waals surface area (Å²) >= 11 is 0. The molecule has 0 radical (unpaired) electrons. The van der Waals surface area contributed by atoms with Crippen LogP contribution in [0.3, 0.4) is 0 Å². The van der Waals surface area contributed by atoms with E-state index in [1.807, 2.05) is 0 Å². The van der Waals surface area contributed by atoms with E-state index in [1.165, 1.54) is 20.1 Å². The molecule has 0 aromatic heterocycles. The van der Waals surface area contributed by atoms with Gasteiger partial charge in [0.15, 0.2) is 5.78 Å². The molecule has 2 nitrogen and oxygen atoms in total. The molecule has 0 N–H and O–H groups in total. The van der Waals surface area contributed by atoms with Gasteiger partial charge in [0.25, 0.3) is 0 Å². The van der Waals surface area contributed by atoms with E-state index in [9.17, 15) is 18.0 Å². The SMILES string of the molecule is COc1cc(C)c(C(C)=O)c(C(F)(F)F)c1. The first-order chi connectivity index (χ1) is 7.27. The summed E-state index contributed by atoms with van der Waals surface area (Å²) in [5, 5.41) is 0. The van der Waals surface area contributed by atoms with Crippen LogP contribution >= 0.6 is 0 Å². The Labute approximate surface area is 91.0 Å². The molecule has 0 fully saturated rings. The van der Waals surface area contributed by atoms with Gasteiger partial charge in [-0.2, -0.15) is 13.2 Å². The number of benzene rings is 1. The zero-order valence-electron chi connectivity index (χ0n) is 9.11. The maximum atomic E-state index is 12.7. The zero-order chi connectivity index (χ0) is 12.5. The van der Waals surface area contributed by atoms with Gasteiger partial charge in [-0.25, -0.2) is 0 Å². The van der Waals surface area contributed by atoms with Gasteiger partial charge in [-0.3, -0.25) is 4.79 Å². The molecule has 0 heterocycles. The van der Waals surface area contributed by atoms with Gasteiger partial charge in [0.2, 0.25) is 0 Å². The summed E-state index contributed by atoms with van der Waals surface area (Å²) in [6.45, 7) is 2.57. The number of halogens is 3. The fourth-order valence-corrected chi connectivity index (χ4v) is 1.56. The van der Waals surface area contributed by atoms with Crippen molar-refractivity contribution in [3.8, 4) is 5.75 Å². The van der Waals surface area contributed by atoms with Gasteiger partial charge in [-0.1, -0.05) is 0 Å². The Hall–Kier alpha value is -1.52. The van der Waals surface area contributed by atoms with Gasteiger partial charge in [0.05, 0.1) is 12.7 Å². The second-order valence-electron chi connectivity index (χ2n) is 3.42. The van der Waals surface area contributed by atoms with Crippen molar-refractivity contribution in [3.05, 3.63) is 28.8 Å². The Morgan fingerprint density at radius 1 is 1.31 bits per heavy atom. The highest BCUT2D eigenvalue weighted by Gasteiger charge is 2.35. The summed E-state index contributed by atoms with van der Waals surface area (Å²) in [4.78, 5) is 11.2. The minimum absolute atomic E-state index is 0.0924. The lowest BCUT2D eigenvalue weighted by Crippen LogP contribution is -2.13. The summed E-state index contributed by atoms with van der Waals surface area (Å²) in [7, 11) is 1.28. The number of Topliss-reactive ketones (excluding diaryl/α,β-unsaturated/α-hetero) is 1. The molecular formula is C11H11F3O2. The number of carbonyl (C=O) groups excluding carboxylic acids is 1. The number of ether oxygens (including phenoxy) is 1. The Morgan fingerprint density at radius 3 is 2.25 bits per heavy atom. The minimum Gasteiger partial charge on any atom is -0.497 e. The molecule has 0 bridgehead atoms. The Bertz CT molecular complexity index is 422. The van der Waals surface area contributed by atoms with Crippen LogP contribution in [0.15, 0.2) is 12.1 Å². The highest BCUT2D eigenvalue weighted by atomic mass is 19.4. The molecule has 0 aliphatic rings. The summed E-state index contributed by atoms with van der Waals surface area (Å²) in [6.07, 6.45) is -4.56. The van der Waals surface area contributed by atoms with E-state index in [0.717, 1.165) is 13.0 Å². The lowest BCUT2D eigenvalue weighted by Gasteiger charge is -2.14. The molecular weight excluding hydrogens is 221 g/mol. The number of alkyl halides is 3. The number of carbonyl (C=O) groups is 1. The molecule has 1 aromatic rings. The smallest absolute Gasteiger partial charge is 0.417 e. The quantitative estimate of drug-likeness (QED) is 0.732.